The predicted octanol–water partition coefficient (Wildman–Crippen LogP) is 0.972. The lowest BCUT2D eigenvalue weighted by atomic mass is 10.0. The molecule has 0 unspecified atom stereocenters. The molecule has 0 saturated carbocycles. The zero-order valence-corrected chi connectivity index (χ0v) is 10.5. The highest BCUT2D eigenvalue weighted by Crippen LogP contribution is 2.20. The molecule has 20 heavy (non-hydrogen) atoms. The standard InChI is InChI=1S/C12H14F3N3O2/c13-12(14,15)7-20-11-9(2-1-3-17-11)10(19)18-6-8-4-16-5-8/h1-3,8,16H,4-7H2,(H,18,19). The number of carbonyl (C=O) groups is 1. The van der Waals surface area contributed by atoms with Crippen LogP contribution in [0, 0.1) is 5.92 Å². The summed E-state index contributed by atoms with van der Waals surface area (Å²) >= 11 is 0. The van der Waals surface area contributed by atoms with Gasteiger partial charge in [0.25, 0.3) is 5.91 Å². The first-order valence-electron chi connectivity index (χ1n) is 6.09. The van der Waals surface area contributed by atoms with Gasteiger partial charge in [-0.1, -0.05) is 0 Å². The Morgan fingerprint density at radius 2 is 2.25 bits per heavy atom. The van der Waals surface area contributed by atoms with Crippen LogP contribution in [0.5, 0.6) is 5.88 Å². The van der Waals surface area contributed by atoms with Crippen molar-refractivity contribution in [3.63, 3.8) is 0 Å². The van der Waals surface area contributed by atoms with Crippen LogP contribution in [0.1, 0.15) is 10.4 Å². The average Bonchev–Trinajstić information content (AvgIpc) is 2.34. The number of halogens is 3. The topological polar surface area (TPSA) is 63.2 Å². The number of hydrogen-bond acceptors (Lipinski definition) is 4. The van der Waals surface area contributed by atoms with Crippen molar-refractivity contribution < 1.29 is 22.7 Å². The molecule has 1 aromatic heterocycles. The molecule has 2 heterocycles. The average molecular weight is 289 g/mol. The molecule has 0 aliphatic carbocycles. The van der Waals surface area contributed by atoms with Crippen molar-refractivity contribution in [2.75, 3.05) is 26.2 Å². The first-order chi connectivity index (χ1) is 9.46. The van der Waals surface area contributed by atoms with E-state index in [9.17, 15) is 18.0 Å². The molecule has 0 radical (unpaired) electrons. The molecule has 5 nitrogen and oxygen atoms in total. The summed E-state index contributed by atoms with van der Waals surface area (Å²) in [5.41, 5.74) is 0.00373. The number of pyridine rings is 1. The summed E-state index contributed by atoms with van der Waals surface area (Å²) < 4.78 is 40.9. The second-order valence-corrected chi connectivity index (χ2v) is 4.49. The summed E-state index contributed by atoms with van der Waals surface area (Å²) in [5.74, 6) is -0.439. The molecule has 0 spiro atoms. The Bertz CT molecular complexity index is 475. The van der Waals surface area contributed by atoms with Gasteiger partial charge in [-0.25, -0.2) is 4.98 Å². The van der Waals surface area contributed by atoms with Crippen molar-refractivity contribution in [3.8, 4) is 5.88 Å². The quantitative estimate of drug-likeness (QED) is 0.848. The van der Waals surface area contributed by atoms with Gasteiger partial charge in [-0.2, -0.15) is 13.2 Å². The highest BCUT2D eigenvalue weighted by molar-refractivity contribution is 5.96. The van der Waals surface area contributed by atoms with Crippen LogP contribution >= 0.6 is 0 Å². The fraction of sp³-hybridized carbons (Fsp3) is 0.500. The van der Waals surface area contributed by atoms with Gasteiger partial charge >= 0.3 is 6.18 Å². The molecule has 1 aliphatic heterocycles. The smallest absolute Gasteiger partial charge is 0.422 e. The number of hydrogen-bond donors (Lipinski definition) is 2. The number of nitrogens with one attached hydrogen (secondary N) is 2. The molecule has 1 aromatic rings. The first kappa shape index (κ1) is 14.6. The van der Waals surface area contributed by atoms with Gasteiger partial charge in [0.1, 0.15) is 5.56 Å². The Balaban J connectivity index is 1.96. The third kappa shape index (κ3) is 4.09. The maximum Gasteiger partial charge on any atom is 0.422 e. The van der Waals surface area contributed by atoms with E-state index in [2.05, 4.69) is 20.4 Å². The van der Waals surface area contributed by atoms with Gasteiger partial charge in [0, 0.05) is 31.7 Å². The number of alkyl halides is 3. The van der Waals surface area contributed by atoms with Gasteiger partial charge in [0.05, 0.1) is 0 Å². The molecule has 1 aliphatic rings. The van der Waals surface area contributed by atoms with Crippen LogP contribution < -0.4 is 15.4 Å². The number of ether oxygens (including phenoxy) is 1. The third-order valence-electron chi connectivity index (χ3n) is 2.81. The van der Waals surface area contributed by atoms with E-state index < -0.39 is 18.7 Å². The zero-order chi connectivity index (χ0) is 14.6. The van der Waals surface area contributed by atoms with Crippen LogP contribution in [0.4, 0.5) is 13.2 Å². The first-order valence-corrected chi connectivity index (χ1v) is 6.09. The minimum absolute atomic E-state index is 0.00373. The van der Waals surface area contributed by atoms with E-state index in [0.29, 0.717) is 12.5 Å². The van der Waals surface area contributed by atoms with E-state index in [1.54, 1.807) is 0 Å². The lowest BCUT2D eigenvalue weighted by Crippen LogP contribution is -2.48. The summed E-state index contributed by atoms with van der Waals surface area (Å²) in [7, 11) is 0. The van der Waals surface area contributed by atoms with Gasteiger partial charge in [0.2, 0.25) is 5.88 Å². The number of rotatable bonds is 5. The molecule has 0 aromatic carbocycles. The van der Waals surface area contributed by atoms with Crippen molar-refractivity contribution in [1.29, 1.82) is 0 Å². The number of carbonyl (C=O) groups excluding carboxylic acids is 1. The molecule has 2 rings (SSSR count). The molecular weight excluding hydrogens is 275 g/mol. The van der Waals surface area contributed by atoms with Crippen molar-refractivity contribution in [2.24, 2.45) is 5.92 Å². The van der Waals surface area contributed by atoms with E-state index in [0.717, 1.165) is 13.1 Å². The lowest BCUT2D eigenvalue weighted by Gasteiger charge is -2.27. The van der Waals surface area contributed by atoms with Crippen LogP contribution in [0.3, 0.4) is 0 Å². The monoisotopic (exact) mass is 289 g/mol. The largest absolute Gasteiger partial charge is 0.467 e. The fourth-order valence-electron chi connectivity index (χ4n) is 1.65. The Kier molecular flexibility index (Phi) is 4.43. The maximum absolute atomic E-state index is 12.1. The molecule has 110 valence electrons. The molecule has 1 fully saturated rings. The van der Waals surface area contributed by atoms with E-state index in [1.807, 2.05) is 0 Å². The van der Waals surface area contributed by atoms with Crippen LogP contribution in [0.25, 0.3) is 0 Å². The third-order valence-corrected chi connectivity index (χ3v) is 2.81. The molecule has 2 N–H and O–H groups in total. The SMILES string of the molecule is O=C(NCC1CNC1)c1cccnc1OCC(F)(F)F. The number of nitrogens with zero attached hydrogens (tertiary/aromatic N) is 1. The Morgan fingerprint density at radius 1 is 1.50 bits per heavy atom. The minimum Gasteiger partial charge on any atom is -0.467 e. The van der Waals surface area contributed by atoms with Crippen molar-refractivity contribution in [2.45, 2.75) is 6.18 Å². The molecule has 1 saturated heterocycles. The zero-order valence-electron chi connectivity index (χ0n) is 10.5. The lowest BCUT2D eigenvalue weighted by molar-refractivity contribution is -0.154. The minimum atomic E-state index is -4.47. The van der Waals surface area contributed by atoms with E-state index in [4.69, 9.17) is 0 Å². The van der Waals surface area contributed by atoms with E-state index >= 15 is 0 Å². The molecule has 0 bridgehead atoms. The number of aromatic nitrogens is 1. The Morgan fingerprint density at radius 3 is 2.85 bits per heavy atom. The molecule has 0 atom stereocenters. The van der Waals surface area contributed by atoms with Crippen molar-refractivity contribution in [1.82, 2.24) is 15.6 Å². The van der Waals surface area contributed by atoms with Crippen LogP contribution in [-0.4, -0.2) is 43.3 Å². The normalized spacial score (nSPS) is 15.6. The highest BCUT2D eigenvalue weighted by atomic mass is 19.4. The maximum atomic E-state index is 12.1. The Labute approximate surface area is 113 Å². The molecular formula is C12H14F3N3O2. The summed E-state index contributed by atoms with van der Waals surface area (Å²) in [6, 6.07) is 2.85. The molecule has 1 amide bonds. The van der Waals surface area contributed by atoms with Gasteiger partial charge in [-0.15, -0.1) is 0 Å². The van der Waals surface area contributed by atoms with Gasteiger partial charge in [-0.3, -0.25) is 4.79 Å². The summed E-state index contributed by atoms with van der Waals surface area (Å²) in [6.07, 6.45) is -3.19. The summed E-state index contributed by atoms with van der Waals surface area (Å²) in [4.78, 5) is 15.6. The van der Waals surface area contributed by atoms with E-state index in [-0.39, 0.29) is 11.4 Å². The van der Waals surface area contributed by atoms with Crippen molar-refractivity contribution >= 4 is 5.91 Å². The van der Waals surface area contributed by atoms with Gasteiger partial charge in [0.15, 0.2) is 6.61 Å². The molecule has 8 heteroatoms. The number of amides is 1. The summed E-state index contributed by atoms with van der Waals surface area (Å²) in [6.45, 7) is 0.645. The summed E-state index contributed by atoms with van der Waals surface area (Å²) in [5, 5.41) is 5.72. The van der Waals surface area contributed by atoms with Crippen molar-refractivity contribution in [3.05, 3.63) is 23.9 Å². The predicted molar refractivity (Wildman–Crippen MR) is 64.5 cm³/mol. The second kappa shape index (κ2) is 6.08. The van der Waals surface area contributed by atoms with Crippen LogP contribution in [0.15, 0.2) is 18.3 Å². The van der Waals surface area contributed by atoms with Gasteiger partial charge in [-0.05, 0) is 12.1 Å². The van der Waals surface area contributed by atoms with Crippen LogP contribution in [0.2, 0.25) is 0 Å². The van der Waals surface area contributed by atoms with E-state index in [1.165, 1.54) is 18.3 Å². The van der Waals surface area contributed by atoms with Crippen LogP contribution in [-0.2, 0) is 0 Å². The fourth-order valence-corrected chi connectivity index (χ4v) is 1.65. The second-order valence-electron chi connectivity index (χ2n) is 4.49. The highest BCUT2D eigenvalue weighted by Gasteiger charge is 2.29. The Hall–Kier alpha value is -1.83. The van der Waals surface area contributed by atoms with Gasteiger partial charge < -0.3 is 15.4 Å².